The molecule has 0 unspecified atom stereocenters. The maximum Gasteiger partial charge on any atom is 0.263 e. The number of carbonyl (C=O) groups is 2. The quantitative estimate of drug-likeness (QED) is 0.453. The summed E-state index contributed by atoms with van der Waals surface area (Å²) in [6.45, 7) is 3.49. The minimum Gasteiger partial charge on any atom is -0.326 e. The van der Waals surface area contributed by atoms with Crippen molar-refractivity contribution in [2.24, 2.45) is 5.92 Å². The van der Waals surface area contributed by atoms with Crippen LogP contribution in [0.4, 0.5) is 11.4 Å². The van der Waals surface area contributed by atoms with Crippen molar-refractivity contribution in [2.75, 3.05) is 10.6 Å². The Morgan fingerprint density at radius 1 is 1.06 bits per heavy atom. The van der Waals surface area contributed by atoms with E-state index in [0.29, 0.717) is 21.6 Å². The number of nitrogens with zero attached hydrogens (tertiary/aromatic N) is 2. The number of hydrogen-bond donors (Lipinski definition) is 2. The van der Waals surface area contributed by atoms with E-state index in [2.05, 4.69) is 15.6 Å². The highest BCUT2D eigenvalue weighted by Gasteiger charge is 2.15. The number of thiophene rings is 2. The second-order valence-corrected chi connectivity index (χ2v) is 9.06. The Hall–Kier alpha value is -3.30. The topological polar surface area (TPSA) is 93.1 Å². The molecule has 4 rings (SSSR count). The fraction of sp³-hybridized carbons (Fsp3) is 0.182. The summed E-state index contributed by atoms with van der Waals surface area (Å²) < 4.78 is 1.32. The number of benzene rings is 1. The number of rotatable bonds is 6. The van der Waals surface area contributed by atoms with E-state index in [9.17, 15) is 14.4 Å². The Balaban J connectivity index is 1.49. The van der Waals surface area contributed by atoms with E-state index in [1.165, 1.54) is 22.2 Å². The maximum atomic E-state index is 13.0. The van der Waals surface area contributed by atoms with Crippen LogP contribution in [-0.2, 0) is 16.1 Å². The normalized spacial score (nSPS) is 11.1. The van der Waals surface area contributed by atoms with Crippen LogP contribution in [0.3, 0.4) is 0 Å². The number of amides is 2. The van der Waals surface area contributed by atoms with Gasteiger partial charge in [0.1, 0.15) is 11.4 Å². The van der Waals surface area contributed by atoms with Crippen molar-refractivity contribution in [3.8, 4) is 10.4 Å². The summed E-state index contributed by atoms with van der Waals surface area (Å²) in [5.74, 6) is -0.531. The van der Waals surface area contributed by atoms with Gasteiger partial charge in [-0.1, -0.05) is 19.9 Å². The van der Waals surface area contributed by atoms with Crippen LogP contribution in [0.5, 0.6) is 0 Å². The number of aromatic nitrogens is 2. The summed E-state index contributed by atoms with van der Waals surface area (Å²) in [4.78, 5) is 43.3. The summed E-state index contributed by atoms with van der Waals surface area (Å²) in [5, 5.41) is 9.99. The molecule has 2 amide bonds. The highest BCUT2D eigenvalue weighted by molar-refractivity contribution is 7.18. The summed E-state index contributed by atoms with van der Waals surface area (Å²) in [6.07, 6.45) is 1.41. The molecule has 0 saturated carbocycles. The molecule has 2 N–H and O–H groups in total. The molecular weight excluding hydrogens is 432 g/mol. The molecule has 0 radical (unpaired) electrons. The molecule has 9 heteroatoms. The van der Waals surface area contributed by atoms with Crippen molar-refractivity contribution in [3.63, 3.8) is 0 Å². The lowest BCUT2D eigenvalue weighted by molar-refractivity contribution is -0.119. The maximum absolute atomic E-state index is 13.0. The lowest BCUT2D eigenvalue weighted by atomic mass is 10.2. The molecule has 0 bridgehead atoms. The number of fused-ring (bicyclic) bond motifs is 1. The molecule has 7 nitrogen and oxygen atoms in total. The number of nitrogens with one attached hydrogen (secondary N) is 2. The molecular formula is C22H20N4O3S2. The monoisotopic (exact) mass is 452 g/mol. The molecule has 158 valence electrons. The van der Waals surface area contributed by atoms with Crippen LogP contribution in [0.1, 0.15) is 13.8 Å². The zero-order valence-electron chi connectivity index (χ0n) is 16.9. The van der Waals surface area contributed by atoms with Crippen LogP contribution in [0.15, 0.2) is 58.3 Å². The highest BCUT2D eigenvalue weighted by Crippen LogP contribution is 2.33. The molecule has 0 atom stereocenters. The minimum absolute atomic E-state index is 0.0746. The van der Waals surface area contributed by atoms with Crippen LogP contribution < -0.4 is 16.2 Å². The molecule has 0 aliphatic rings. The summed E-state index contributed by atoms with van der Waals surface area (Å²) in [5.41, 5.74) is 1.84. The largest absolute Gasteiger partial charge is 0.326 e. The van der Waals surface area contributed by atoms with E-state index >= 15 is 0 Å². The molecule has 0 aliphatic carbocycles. The zero-order valence-corrected chi connectivity index (χ0v) is 18.5. The van der Waals surface area contributed by atoms with Gasteiger partial charge in [0, 0.05) is 33.1 Å². The van der Waals surface area contributed by atoms with E-state index in [0.717, 1.165) is 10.4 Å². The van der Waals surface area contributed by atoms with Crippen LogP contribution in [0.25, 0.3) is 20.7 Å². The summed E-state index contributed by atoms with van der Waals surface area (Å²) in [7, 11) is 0. The lowest BCUT2D eigenvalue weighted by Gasteiger charge is -2.10. The zero-order chi connectivity index (χ0) is 22.0. The van der Waals surface area contributed by atoms with Gasteiger partial charge in [-0.05, 0) is 35.7 Å². The first-order valence-corrected chi connectivity index (χ1v) is 11.4. The predicted molar refractivity (Wildman–Crippen MR) is 126 cm³/mol. The van der Waals surface area contributed by atoms with E-state index in [1.807, 2.05) is 36.7 Å². The molecule has 3 heterocycles. The highest BCUT2D eigenvalue weighted by atomic mass is 32.1. The van der Waals surface area contributed by atoms with Crippen molar-refractivity contribution in [2.45, 2.75) is 20.4 Å². The van der Waals surface area contributed by atoms with Gasteiger partial charge in [0.25, 0.3) is 5.56 Å². The lowest BCUT2D eigenvalue weighted by Crippen LogP contribution is -2.27. The van der Waals surface area contributed by atoms with Crippen molar-refractivity contribution >= 4 is 56.1 Å². The fourth-order valence-electron chi connectivity index (χ4n) is 2.97. The number of anilines is 2. The van der Waals surface area contributed by atoms with E-state index in [4.69, 9.17) is 0 Å². The first-order valence-electron chi connectivity index (χ1n) is 9.63. The third-order valence-corrected chi connectivity index (χ3v) is 6.41. The van der Waals surface area contributed by atoms with Gasteiger partial charge >= 0.3 is 0 Å². The number of carbonyl (C=O) groups excluding carboxylic acids is 2. The first-order chi connectivity index (χ1) is 14.9. The molecule has 0 spiro atoms. The second kappa shape index (κ2) is 8.83. The standard InChI is InChI=1S/C22H20N4O3S2/c1-13(2)20(28)25-15-7-5-14(6-8-15)24-18(27)10-26-12-23-21-19(22(26)29)16(11-31-21)17-4-3-9-30-17/h3-9,11-13H,10H2,1-2H3,(H,24,27)(H,25,28). The van der Waals surface area contributed by atoms with Crippen LogP contribution in [0, 0.1) is 5.92 Å². The van der Waals surface area contributed by atoms with Gasteiger partial charge in [0.15, 0.2) is 0 Å². The van der Waals surface area contributed by atoms with Crippen molar-refractivity contribution in [1.82, 2.24) is 9.55 Å². The van der Waals surface area contributed by atoms with Gasteiger partial charge in [0.05, 0.1) is 11.7 Å². The Kier molecular flexibility index (Phi) is 5.97. The van der Waals surface area contributed by atoms with Crippen molar-refractivity contribution in [3.05, 3.63) is 63.8 Å². The average molecular weight is 453 g/mol. The Morgan fingerprint density at radius 2 is 1.77 bits per heavy atom. The third kappa shape index (κ3) is 4.57. The van der Waals surface area contributed by atoms with Crippen LogP contribution in [0.2, 0.25) is 0 Å². The van der Waals surface area contributed by atoms with E-state index in [1.54, 1.807) is 35.6 Å². The van der Waals surface area contributed by atoms with Crippen LogP contribution in [-0.4, -0.2) is 21.4 Å². The first kappa shape index (κ1) is 21.0. The van der Waals surface area contributed by atoms with Crippen molar-refractivity contribution < 1.29 is 9.59 Å². The van der Waals surface area contributed by atoms with Gasteiger partial charge in [-0.2, -0.15) is 0 Å². The molecule has 0 saturated heterocycles. The molecule has 1 aromatic carbocycles. The Bertz CT molecular complexity index is 1290. The Labute approximate surface area is 186 Å². The Morgan fingerprint density at radius 3 is 2.42 bits per heavy atom. The summed E-state index contributed by atoms with van der Waals surface area (Å²) in [6, 6.07) is 10.7. The molecule has 3 aromatic heterocycles. The molecule has 4 aromatic rings. The van der Waals surface area contributed by atoms with Gasteiger partial charge in [-0.15, -0.1) is 22.7 Å². The van der Waals surface area contributed by atoms with E-state index < -0.39 is 0 Å². The molecule has 0 fully saturated rings. The van der Waals surface area contributed by atoms with Crippen molar-refractivity contribution in [1.29, 1.82) is 0 Å². The minimum atomic E-state index is -0.338. The van der Waals surface area contributed by atoms with Gasteiger partial charge in [-0.25, -0.2) is 4.98 Å². The average Bonchev–Trinajstić information content (AvgIpc) is 3.41. The molecule has 31 heavy (non-hydrogen) atoms. The smallest absolute Gasteiger partial charge is 0.263 e. The molecule has 0 aliphatic heterocycles. The number of hydrogen-bond acceptors (Lipinski definition) is 6. The third-order valence-electron chi connectivity index (χ3n) is 4.62. The second-order valence-electron chi connectivity index (χ2n) is 7.25. The fourth-order valence-corrected chi connectivity index (χ4v) is 4.69. The SMILES string of the molecule is CC(C)C(=O)Nc1ccc(NC(=O)Cn2cnc3scc(-c4cccs4)c3c2=O)cc1. The summed E-state index contributed by atoms with van der Waals surface area (Å²) >= 11 is 2.97. The van der Waals surface area contributed by atoms with Gasteiger partial charge in [-0.3, -0.25) is 19.0 Å². The van der Waals surface area contributed by atoms with Gasteiger partial charge in [0.2, 0.25) is 11.8 Å². The van der Waals surface area contributed by atoms with E-state index in [-0.39, 0.29) is 29.8 Å². The predicted octanol–water partition coefficient (Wildman–Crippen LogP) is 4.42. The van der Waals surface area contributed by atoms with Gasteiger partial charge < -0.3 is 10.6 Å². The van der Waals surface area contributed by atoms with Crippen LogP contribution >= 0.6 is 22.7 Å².